The summed E-state index contributed by atoms with van der Waals surface area (Å²) in [6.45, 7) is 6.21. The van der Waals surface area contributed by atoms with Crippen molar-refractivity contribution in [2.75, 3.05) is 0 Å². The lowest BCUT2D eigenvalue weighted by atomic mass is 10.2. The van der Waals surface area contributed by atoms with Crippen molar-refractivity contribution in [2.45, 2.75) is 31.7 Å². The van der Waals surface area contributed by atoms with Crippen LogP contribution in [0.3, 0.4) is 0 Å². The van der Waals surface area contributed by atoms with Crippen molar-refractivity contribution in [2.24, 2.45) is 0 Å². The topological polar surface area (TPSA) is 30.7 Å². The van der Waals surface area contributed by atoms with Crippen LogP contribution in [0, 0.1) is 20.8 Å². The average molecular weight is 309 g/mol. The van der Waals surface area contributed by atoms with Gasteiger partial charge < -0.3 is 0 Å². The first-order valence-electron chi connectivity index (χ1n) is 7.31. The van der Waals surface area contributed by atoms with Crippen LogP contribution >= 0.6 is 11.8 Å². The summed E-state index contributed by atoms with van der Waals surface area (Å²) < 4.78 is 2.12. The lowest BCUT2D eigenvalue weighted by Crippen LogP contribution is -1.99. The van der Waals surface area contributed by atoms with E-state index in [1.165, 1.54) is 16.7 Å². The fourth-order valence-corrected chi connectivity index (χ4v) is 3.39. The molecule has 0 amide bonds. The number of nitrogens with zero attached hydrogens (tertiary/aromatic N) is 3. The van der Waals surface area contributed by atoms with Crippen LogP contribution in [0.25, 0.3) is 5.69 Å². The summed E-state index contributed by atoms with van der Waals surface area (Å²) >= 11 is 1.72. The molecule has 0 aliphatic carbocycles. The Morgan fingerprint density at radius 2 is 1.64 bits per heavy atom. The molecular formula is C18H19N3S. The van der Waals surface area contributed by atoms with Crippen molar-refractivity contribution in [1.29, 1.82) is 0 Å². The highest BCUT2D eigenvalue weighted by atomic mass is 32.2. The molecule has 4 heteroatoms. The van der Waals surface area contributed by atoms with Crippen molar-refractivity contribution in [3.05, 3.63) is 71.0 Å². The highest BCUT2D eigenvalue weighted by Crippen LogP contribution is 2.25. The van der Waals surface area contributed by atoms with Crippen LogP contribution in [0.4, 0.5) is 0 Å². The smallest absolute Gasteiger partial charge is 0.196 e. The first kappa shape index (κ1) is 14.9. The number of aryl methyl sites for hydroxylation is 3. The Hall–Kier alpha value is -2.07. The van der Waals surface area contributed by atoms with E-state index in [9.17, 15) is 0 Å². The minimum absolute atomic E-state index is 0.894. The zero-order valence-electron chi connectivity index (χ0n) is 13.1. The van der Waals surface area contributed by atoms with Crippen LogP contribution in [-0.2, 0) is 5.75 Å². The molecule has 0 saturated heterocycles. The Morgan fingerprint density at radius 3 is 2.36 bits per heavy atom. The molecule has 1 aromatic heterocycles. The molecule has 0 bridgehead atoms. The summed E-state index contributed by atoms with van der Waals surface area (Å²) in [7, 11) is 0. The van der Waals surface area contributed by atoms with Gasteiger partial charge in [0.25, 0.3) is 0 Å². The molecule has 3 nitrogen and oxygen atoms in total. The molecule has 0 saturated carbocycles. The summed E-state index contributed by atoms with van der Waals surface area (Å²) in [5, 5.41) is 9.51. The van der Waals surface area contributed by atoms with Gasteiger partial charge in [-0.15, -0.1) is 10.2 Å². The zero-order chi connectivity index (χ0) is 15.5. The number of thioether (sulfide) groups is 1. The van der Waals surface area contributed by atoms with Gasteiger partial charge in [-0.3, -0.25) is 4.57 Å². The maximum Gasteiger partial charge on any atom is 0.196 e. The van der Waals surface area contributed by atoms with E-state index in [2.05, 4.69) is 77.1 Å². The molecule has 1 heterocycles. The molecule has 3 rings (SSSR count). The monoisotopic (exact) mass is 309 g/mol. The standard InChI is InChI=1S/C18H19N3S/c1-13-6-4-8-16(10-13)12-22-18-20-19-15(3)21(18)17-9-5-7-14(2)11-17/h4-11H,12H2,1-3H3. The third-order valence-corrected chi connectivity index (χ3v) is 4.51. The van der Waals surface area contributed by atoms with Gasteiger partial charge in [0.15, 0.2) is 5.16 Å². The predicted octanol–water partition coefficient (Wildman–Crippen LogP) is 4.48. The third kappa shape index (κ3) is 3.22. The van der Waals surface area contributed by atoms with Crippen LogP contribution in [0.2, 0.25) is 0 Å². The fraction of sp³-hybridized carbons (Fsp3) is 0.222. The van der Waals surface area contributed by atoms with E-state index in [0.717, 1.165) is 22.4 Å². The first-order valence-corrected chi connectivity index (χ1v) is 8.29. The predicted molar refractivity (Wildman–Crippen MR) is 91.6 cm³/mol. The first-order chi connectivity index (χ1) is 10.6. The molecule has 0 radical (unpaired) electrons. The van der Waals surface area contributed by atoms with Crippen LogP contribution < -0.4 is 0 Å². The highest BCUT2D eigenvalue weighted by Gasteiger charge is 2.11. The second-order valence-corrected chi connectivity index (χ2v) is 6.42. The van der Waals surface area contributed by atoms with Crippen LogP contribution in [0.5, 0.6) is 0 Å². The number of aromatic nitrogens is 3. The Labute approximate surface area is 135 Å². The third-order valence-electron chi connectivity index (χ3n) is 3.51. The second kappa shape index (κ2) is 6.36. The van der Waals surface area contributed by atoms with Gasteiger partial charge in [0, 0.05) is 11.4 Å². The molecule has 0 unspecified atom stereocenters. The van der Waals surface area contributed by atoms with Crippen molar-refractivity contribution < 1.29 is 0 Å². The van der Waals surface area contributed by atoms with E-state index in [4.69, 9.17) is 0 Å². The van der Waals surface area contributed by atoms with Gasteiger partial charge in [0.05, 0.1) is 0 Å². The molecule has 0 fully saturated rings. The summed E-state index contributed by atoms with van der Waals surface area (Å²) in [6.07, 6.45) is 0. The van der Waals surface area contributed by atoms with E-state index in [-0.39, 0.29) is 0 Å². The SMILES string of the molecule is Cc1cccc(CSc2nnc(C)n2-c2cccc(C)c2)c1. The van der Waals surface area contributed by atoms with Crippen molar-refractivity contribution in [1.82, 2.24) is 14.8 Å². The van der Waals surface area contributed by atoms with E-state index in [0.29, 0.717) is 0 Å². The van der Waals surface area contributed by atoms with Gasteiger partial charge in [0.1, 0.15) is 5.82 Å². The van der Waals surface area contributed by atoms with E-state index < -0.39 is 0 Å². The summed E-state index contributed by atoms with van der Waals surface area (Å²) in [5.74, 6) is 1.81. The lowest BCUT2D eigenvalue weighted by Gasteiger charge is -2.09. The largest absolute Gasteiger partial charge is 0.274 e. The average Bonchev–Trinajstić information content (AvgIpc) is 2.86. The van der Waals surface area contributed by atoms with Crippen LogP contribution in [0.15, 0.2) is 53.7 Å². The molecule has 0 spiro atoms. The van der Waals surface area contributed by atoms with E-state index >= 15 is 0 Å². The van der Waals surface area contributed by atoms with Crippen LogP contribution in [0.1, 0.15) is 22.5 Å². The molecule has 22 heavy (non-hydrogen) atoms. The highest BCUT2D eigenvalue weighted by molar-refractivity contribution is 7.98. The van der Waals surface area contributed by atoms with E-state index in [1.54, 1.807) is 11.8 Å². The maximum atomic E-state index is 4.34. The number of benzene rings is 2. The Balaban J connectivity index is 1.86. The van der Waals surface area contributed by atoms with Crippen molar-refractivity contribution in [3.8, 4) is 5.69 Å². The Morgan fingerprint density at radius 1 is 0.909 bits per heavy atom. The van der Waals surface area contributed by atoms with Crippen molar-refractivity contribution in [3.63, 3.8) is 0 Å². The van der Waals surface area contributed by atoms with Gasteiger partial charge in [-0.05, 0) is 44.0 Å². The Bertz CT molecular complexity index is 793. The minimum atomic E-state index is 0.894. The van der Waals surface area contributed by atoms with Gasteiger partial charge in [0.2, 0.25) is 0 Å². The maximum absolute atomic E-state index is 4.34. The molecule has 3 aromatic rings. The molecular weight excluding hydrogens is 290 g/mol. The lowest BCUT2D eigenvalue weighted by molar-refractivity contribution is 0.867. The molecule has 0 aliphatic rings. The van der Waals surface area contributed by atoms with Gasteiger partial charge in [-0.1, -0.05) is 53.7 Å². The van der Waals surface area contributed by atoms with Gasteiger partial charge in [-0.25, -0.2) is 0 Å². The number of hydrogen-bond donors (Lipinski definition) is 0. The molecule has 112 valence electrons. The molecule has 0 aliphatic heterocycles. The normalized spacial score (nSPS) is 10.9. The van der Waals surface area contributed by atoms with Crippen molar-refractivity contribution >= 4 is 11.8 Å². The molecule has 0 N–H and O–H groups in total. The zero-order valence-corrected chi connectivity index (χ0v) is 13.9. The quantitative estimate of drug-likeness (QED) is 0.666. The van der Waals surface area contributed by atoms with Crippen LogP contribution in [-0.4, -0.2) is 14.8 Å². The van der Waals surface area contributed by atoms with Gasteiger partial charge >= 0.3 is 0 Å². The van der Waals surface area contributed by atoms with E-state index in [1.807, 2.05) is 6.92 Å². The summed E-state index contributed by atoms with van der Waals surface area (Å²) in [5.41, 5.74) is 4.95. The number of rotatable bonds is 4. The Kier molecular flexibility index (Phi) is 4.29. The van der Waals surface area contributed by atoms with Gasteiger partial charge in [-0.2, -0.15) is 0 Å². The summed E-state index contributed by atoms with van der Waals surface area (Å²) in [6, 6.07) is 17.0. The molecule has 2 aromatic carbocycles. The fourth-order valence-electron chi connectivity index (χ4n) is 2.45. The second-order valence-electron chi connectivity index (χ2n) is 5.48. The number of hydrogen-bond acceptors (Lipinski definition) is 3. The minimum Gasteiger partial charge on any atom is -0.274 e. The molecule has 0 atom stereocenters. The summed E-state index contributed by atoms with van der Waals surface area (Å²) in [4.78, 5) is 0.